The van der Waals surface area contributed by atoms with Gasteiger partial charge >= 0.3 is 0 Å². The van der Waals surface area contributed by atoms with Gasteiger partial charge in [0.1, 0.15) is 18.0 Å². The summed E-state index contributed by atoms with van der Waals surface area (Å²) in [6.07, 6.45) is 3.09. The van der Waals surface area contributed by atoms with Crippen LogP contribution in [-0.2, 0) is 4.79 Å². The van der Waals surface area contributed by atoms with Gasteiger partial charge in [-0.1, -0.05) is 29.8 Å². The minimum atomic E-state index is -0.314. The van der Waals surface area contributed by atoms with Crippen LogP contribution in [0.5, 0.6) is 0 Å². The topological polar surface area (TPSA) is 58.1 Å². The van der Waals surface area contributed by atoms with E-state index in [1.54, 1.807) is 18.5 Å². The Hall–Kier alpha value is -3.28. The molecule has 0 radical (unpaired) electrons. The van der Waals surface area contributed by atoms with E-state index in [-0.39, 0.29) is 17.6 Å². The number of hydrogen-bond donors (Lipinski definition) is 1. The molecule has 1 aromatic heterocycles. The zero-order chi connectivity index (χ0) is 20.2. The highest BCUT2D eigenvalue weighted by molar-refractivity contribution is 5.92. The van der Waals surface area contributed by atoms with Crippen molar-refractivity contribution >= 4 is 17.4 Å². The SMILES string of the molecule is Cc1ccc(-c2cc(N3CCC(C(=O)Nc4ccc(F)cc4)CC3)ncn2)cc1. The summed E-state index contributed by atoms with van der Waals surface area (Å²) in [6.45, 7) is 3.57. The summed E-state index contributed by atoms with van der Waals surface area (Å²) in [6, 6.07) is 16.1. The Morgan fingerprint density at radius 2 is 1.72 bits per heavy atom. The third-order valence-corrected chi connectivity index (χ3v) is 5.30. The Morgan fingerprint density at radius 3 is 2.41 bits per heavy atom. The second kappa shape index (κ2) is 8.39. The molecule has 0 bridgehead atoms. The van der Waals surface area contributed by atoms with Crippen molar-refractivity contribution in [2.75, 3.05) is 23.3 Å². The molecule has 3 aromatic rings. The number of carbonyl (C=O) groups excluding carboxylic acids is 1. The van der Waals surface area contributed by atoms with Crippen LogP contribution in [-0.4, -0.2) is 29.0 Å². The van der Waals surface area contributed by atoms with Crippen LogP contribution < -0.4 is 10.2 Å². The second-order valence-electron chi connectivity index (χ2n) is 7.38. The molecule has 1 amide bonds. The third-order valence-electron chi connectivity index (χ3n) is 5.30. The third kappa shape index (κ3) is 4.59. The van der Waals surface area contributed by atoms with Crippen LogP contribution in [0.4, 0.5) is 15.9 Å². The maximum atomic E-state index is 13.0. The number of nitrogens with one attached hydrogen (secondary N) is 1. The van der Waals surface area contributed by atoms with Gasteiger partial charge in [0.05, 0.1) is 5.69 Å². The average molecular weight is 390 g/mol. The van der Waals surface area contributed by atoms with Crippen LogP contribution in [0.3, 0.4) is 0 Å². The molecule has 1 fully saturated rings. The molecule has 0 aliphatic carbocycles. The molecule has 0 atom stereocenters. The monoisotopic (exact) mass is 390 g/mol. The summed E-state index contributed by atoms with van der Waals surface area (Å²) in [4.78, 5) is 23.5. The van der Waals surface area contributed by atoms with Gasteiger partial charge < -0.3 is 10.2 Å². The van der Waals surface area contributed by atoms with Gasteiger partial charge in [-0.2, -0.15) is 0 Å². The number of hydrogen-bond acceptors (Lipinski definition) is 4. The number of anilines is 2. The molecular weight excluding hydrogens is 367 g/mol. The zero-order valence-electron chi connectivity index (χ0n) is 16.3. The first-order valence-corrected chi connectivity index (χ1v) is 9.79. The van der Waals surface area contributed by atoms with Crippen LogP contribution in [0.2, 0.25) is 0 Å². The lowest BCUT2D eigenvalue weighted by molar-refractivity contribution is -0.120. The molecule has 4 rings (SSSR count). The van der Waals surface area contributed by atoms with E-state index in [0.29, 0.717) is 5.69 Å². The minimum absolute atomic E-state index is 0.0145. The van der Waals surface area contributed by atoms with Gasteiger partial charge in [0.2, 0.25) is 5.91 Å². The van der Waals surface area contributed by atoms with Gasteiger partial charge in [-0.15, -0.1) is 0 Å². The molecule has 5 nitrogen and oxygen atoms in total. The van der Waals surface area contributed by atoms with Crippen LogP contribution >= 0.6 is 0 Å². The Kier molecular flexibility index (Phi) is 5.51. The smallest absolute Gasteiger partial charge is 0.227 e. The fraction of sp³-hybridized carbons (Fsp3) is 0.261. The summed E-state index contributed by atoms with van der Waals surface area (Å²) >= 11 is 0. The summed E-state index contributed by atoms with van der Waals surface area (Å²) in [5.41, 5.74) is 3.79. The maximum absolute atomic E-state index is 13.0. The highest BCUT2D eigenvalue weighted by atomic mass is 19.1. The predicted molar refractivity (Wildman–Crippen MR) is 112 cm³/mol. The molecule has 2 aromatic carbocycles. The highest BCUT2D eigenvalue weighted by Gasteiger charge is 2.26. The number of nitrogens with zero attached hydrogens (tertiary/aromatic N) is 3. The maximum Gasteiger partial charge on any atom is 0.227 e. The normalized spacial score (nSPS) is 14.6. The zero-order valence-corrected chi connectivity index (χ0v) is 16.3. The Balaban J connectivity index is 1.38. The van der Waals surface area contributed by atoms with Crippen molar-refractivity contribution in [2.45, 2.75) is 19.8 Å². The van der Waals surface area contributed by atoms with Gasteiger partial charge in [0.25, 0.3) is 0 Å². The van der Waals surface area contributed by atoms with Crippen LogP contribution in [0.15, 0.2) is 60.9 Å². The van der Waals surface area contributed by atoms with Crippen molar-refractivity contribution in [3.8, 4) is 11.3 Å². The summed E-state index contributed by atoms with van der Waals surface area (Å²) in [5, 5.41) is 2.88. The molecule has 1 saturated heterocycles. The lowest BCUT2D eigenvalue weighted by atomic mass is 9.95. The molecule has 1 N–H and O–H groups in total. The lowest BCUT2D eigenvalue weighted by Crippen LogP contribution is -2.38. The predicted octanol–water partition coefficient (Wildman–Crippen LogP) is 4.45. The van der Waals surface area contributed by atoms with Gasteiger partial charge in [-0.05, 0) is 44.0 Å². The van der Waals surface area contributed by atoms with Crippen molar-refractivity contribution < 1.29 is 9.18 Å². The summed E-state index contributed by atoms with van der Waals surface area (Å²) in [7, 11) is 0. The van der Waals surface area contributed by atoms with Gasteiger partial charge in [0, 0.05) is 36.3 Å². The largest absolute Gasteiger partial charge is 0.356 e. The van der Waals surface area contributed by atoms with E-state index in [1.807, 2.05) is 6.07 Å². The van der Waals surface area contributed by atoms with E-state index in [0.717, 1.165) is 43.0 Å². The molecule has 1 aliphatic rings. The first-order valence-electron chi connectivity index (χ1n) is 9.79. The van der Waals surface area contributed by atoms with E-state index in [4.69, 9.17) is 0 Å². The fourth-order valence-electron chi connectivity index (χ4n) is 3.55. The van der Waals surface area contributed by atoms with E-state index in [1.165, 1.54) is 17.7 Å². The van der Waals surface area contributed by atoms with E-state index in [9.17, 15) is 9.18 Å². The van der Waals surface area contributed by atoms with Crippen LogP contribution in [0.25, 0.3) is 11.3 Å². The molecule has 2 heterocycles. The van der Waals surface area contributed by atoms with Crippen molar-refractivity contribution in [1.29, 1.82) is 0 Å². The van der Waals surface area contributed by atoms with E-state index in [2.05, 4.69) is 51.4 Å². The molecule has 148 valence electrons. The van der Waals surface area contributed by atoms with E-state index >= 15 is 0 Å². The Bertz CT molecular complexity index is 981. The number of halogens is 1. The van der Waals surface area contributed by atoms with Gasteiger partial charge in [-0.3, -0.25) is 4.79 Å². The number of aryl methyl sites for hydroxylation is 1. The van der Waals surface area contributed by atoms with Gasteiger partial charge in [-0.25, -0.2) is 14.4 Å². The number of aromatic nitrogens is 2. The number of amides is 1. The molecule has 6 heteroatoms. The average Bonchev–Trinajstić information content (AvgIpc) is 2.76. The highest BCUT2D eigenvalue weighted by Crippen LogP contribution is 2.26. The quantitative estimate of drug-likeness (QED) is 0.715. The van der Waals surface area contributed by atoms with Crippen molar-refractivity contribution in [3.05, 3.63) is 72.3 Å². The molecule has 0 spiro atoms. The number of benzene rings is 2. The van der Waals surface area contributed by atoms with Crippen molar-refractivity contribution in [1.82, 2.24) is 9.97 Å². The van der Waals surface area contributed by atoms with Crippen LogP contribution in [0.1, 0.15) is 18.4 Å². The Labute approximate surface area is 169 Å². The fourth-order valence-corrected chi connectivity index (χ4v) is 3.55. The molecule has 1 aliphatic heterocycles. The molecule has 0 unspecified atom stereocenters. The number of rotatable bonds is 4. The summed E-state index contributed by atoms with van der Waals surface area (Å²) in [5.74, 6) is 0.494. The van der Waals surface area contributed by atoms with Gasteiger partial charge in [0.15, 0.2) is 0 Å². The summed E-state index contributed by atoms with van der Waals surface area (Å²) < 4.78 is 13.0. The first kappa shape index (κ1) is 19.1. The number of carbonyl (C=O) groups is 1. The molecular formula is C23H23FN4O. The number of piperidine rings is 1. The lowest BCUT2D eigenvalue weighted by Gasteiger charge is -2.32. The molecule has 0 saturated carbocycles. The van der Waals surface area contributed by atoms with E-state index < -0.39 is 0 Å². The second-order valence-corrected chi connectivity index (χ2v) is 7.38. The van der Waals surface area contributed by atoms with Crippen molar-refractivity contribution in [2.24, 2.45) is 5.92 Å². The first-order chi connectivity index (χ1) is 14.1. The minimum Gasteiger partial charge on any atom is -0.356 e. The Morgan fingerprint density at radius 1 is 1.03 bits per heavy atom. The standard InChI is InChI=1S/C23H23FN4O/c1-16-2-4-17(5-3-16)21-14-22(26-15-25-21)28-12-10-18(11-13-28)23(29)27-20-8-6-19(24)7-9-20/h2-9,14-15,18H,10-13H2,1H3,(H,27,29). The van der Waals surface area contributed by atoms with Crippen molar-refractivity contribution in [3.63, 3.8) is 0 Å². The molecule has 29 heavy (non-hydrogen) atoms. The van der Waals surface area contributed by atoms with Crippen LogP contribution in [0, 0.1) is 18.7 Å².